The molecule has 5 nitrogen and oxygen atoms in total. The summed E-state index contributed by atoms with van der Waals surface area (Å²) in [6.45, 7) is 0.645. The normalized spacial score (nSPS) is 16.5. The lowest BCUT2D eigenvalue weighted by molar-refractivity contribution is 0.0697. The summed E-state index contributed by atoms with van der Waals surface area (Å²) in [4.78, 5) is 17.2. The number of anilines is 1. The Kier molecular flexibility index (Phi) is 4.57. The first-order valence-electron chi connectivity index (χ1n) is 7.79. The van der Waals surface area contributed by atoms with Crippen LogP contribution in [0.5, 0.6) is 0 Å². The molecule has 1 aromatic heterocycles. The Morgan fingerprint density at radius 2 is 2.12 bits per heavy atom. The predicted molar refractivity (Wildman–Crippen MR) is 90.5 cm³/mol. The molecule has 1 aromatic carbocycles. The van der Waals surface area contributed by atoms with E-state index in [1.165, 1.54) is 23.9 Å². The third-order valence-electron chi connectivity index (χ3n) is 4.19. The second-order valence-electron chi connectivity index (χ2n) is 5.78. The van der Waals surface area contributed by atoms with Crippen molar-refractivity contribution in [3.63, 3.8) is 0 Å². The molecule has 1 atom stereocenters. The first-order valence-corrected chi connectivity index (χ1v) is 7.79. The summed E-state index contributed by atoms with van der Waals surface area (Å²) in [5.41, 5.74) is 2.16. The highest BCUT2D eigenvalue weighted by Crippen LogP contribution is 2.29. The molecular formula is C19H17N3O2. The van der Waals surface area contributed by atoms with Gasteiger partial charge in [-0.25, -0.2) is 9.78 Å². The minimum atomic E-state index is -0.983. The molecule has 24 heavy (non-hydrogen) atoms. The molecule has 0 saturated carbocycles. The quantitative estimate of drug-likeness (QED) is 0.915. The molecule has 0 bridgehead atoms. The SMILES string of the molecule is N#CC1=CN(c2cc(C(=O)O)ccn2)CC1CCc1ccccc1. The molecule has 0 aliphatic carbocycles. The van der Waals surface area contributed by atoms with Crippen molar-refractivity contribution in [1.82, 2.24) is 4.98 Å². The van der Waals surface area contributed by atoms with Crippen molar-refractivity contribution < 1.29 is 9.90 Å². The third-order valence-corrected chi connectivity index (χ3v) is 4.19. The van der Waals surface area contributed by atoms with Gasteiger partial charge in [-0.05, 0) is 30.5 Å². The molecule has 1 aliphatic rings. The van der Waals surface area contributed by atoms with Crippen molar-refractivity contribution in [2.45, 2.75) is 12.8 Å². The van der Waals surface area contributed by atoms with Gasteiger partial charge in [-0.1, -0.05) is 30.3 Å². The molecule has 2 aromatic rings. The van der Waals surface area contributed by atoms with Gasteiger partial charge in [0, 0.05) is 24.9 Å². The summed E-state index contributed by atoms with van der Waals surface area (Å²) in [5, 5.41) is 18.5. The van der Waals surface area contributed by atoms with Crippen molar-refractivity contribution >= 4 is 11.8 Å². The number of aromatic carboxylic acids is 1. The van der Waals surface area contributed by atoms with E-state index in [9.17, 15) is 10.1 Å². The van der Waals surface area contributed by atoms with Crippen molar-refractivity contribution in [2.24, 2.45) is 5.92 Å². The molecular weight excluding hydrogens is 302 g/mol. The fraction of sp³-hybridized carbons (Fsp3) is 0.211. The Balaban J connectivity index is 1.72. The number of hydrogen-bond donors (Lipinski definition) is 1. The summed E-state index contributed by atoms with van der Waals surface area (Å²) >= 11 is 0. The lowest BCUT2D eigenvalue weighted by atomic mass is 9.95. The number of pyridine rings is 1. The smallest absolute Gasteiger partial charge is 0.335 e. The zero-order valence-corrected chi connectivity index (χ0v) is 13.1. The van der Waals surface area contributed by atoms with E-state index < -0.39 is 5.97 Å². The number of carboxylic acids is 1. The van der Waals surface area contributed by atoms with Crippen LogP contribution in [0.25, 0.3) is 0 Å². The highest BCUT2D eigenvalue weighted by atomic mass is 16.4. The summed E-state index contributed by atoms with van der Waals surface area (Å²) in [5.74, 6) is -0.293. The van der Waals surface area contributed by atoms with Crippen LogP contribution in [-0.2, 0) is 6.42 Å². The van der Waals surface area contributed by atoms with E-state index in [-0.39, 0.29) is 11.5 Å². The summed E-state index contributed by atoms with van der Waals surface area (Å²) in [6, 6.07) is 15.4. The molecule has 1 unspecified atom stereocenters. The highest BCUT2D eigenvalue weighted by molar-refractivity contribution is 5.88. The number of aromatic nitrogens is 1. The molecule has 5 heteroatoms. The van der Waals surface area contributed by atoms with Crippen LogP contribution < -0.4 is 4.90 Å². The van der Waals surface area contributed by atoms with Crippen molar-refractivity contribution in [3.8, 4) is 6.07 Å². The van der Waals surface area contributed by atoms with E-state index in [2.05, 4.69) is 23.2 Å². The molecule has 0 amide bonds. The Morgan fingerprint density at radius 1 is 1.33 bits per heavy atom. The lowest BCUT2D eigenvalue weighted by Crippen LogP contribution is -2.19. The van der Waals surface area contributed by atoms with Crippen molar-refractivity contribution in [1.29, 1.82) is 5.26 Å². The first-order chi connectivity index (χ1) is 11.7. The van der Waals surface area contributed by atoms with E-state index >= 15 is 0 Å². The third kappa shape index (κ3) is 3.44. The second kappa shape index (κ2) is 6.97. The van der Waals surface area contributed by atoms with E-state index in [4.69, 9.17) is 5.11 Å². The minimum absolute atomic E-state index is 0.130. The van der Waals surface area contributed by atoms with Gasteiger partial charge in [0.15, 0.2) is 0 Å². The molecule has 0 radical (unpaired) electrons. The van der Waals surface area contributed by atoms with E-state index in [0.29, 0.717) is 17.9 Å². The van der Waals surface area contributed by atoms with E-state index in [0.717, 1.165) is 12.8 Å². The van der Waals surface area contributed by atoms with Gasteiger partial charge in [0.2, 0.25) is 0 Å². The molecule has 2 heterocycles. The Labute approximate surface area is 140 Å². The van der Waals surface area contributed by atoms with Crippen LogP contribution in [0, 0.1) is 17.2 Å². The predicted octanol–water partition coefficient (Wildman–Crippen LogP) is 3.26. The van der Waals surface area contributed by atoms with Crippen molar-refractivity contribution in [3.05, 3.63) is 71.6 Å². The second-order valence-corrected chi connectivity index (χ2v) is 5.78. The number of nitrogens with zero attached hydrogens (tertiary/aromatic N) is 3. The fourth-order valence-corrected chi connectivity index (χ4v) is 2.88. The van der Waals surface area contributed by atoms with Gasteiger partial charge >= 0.3 is 5.97 Å². The number of aryl methyl sites for hydroxylation is 1. The Hall–Kier alpha value is -3.13. The van der Waals surface area contributed by atoms with Gasteiger partial charge in [-0.2, -0.15) is 5.26 Å². The summed E-state index contributed by atoms with van der Waals surface area (Å²) < 4.78 is 0. The van der Waals surface area contributed by atoms with Crippen LogP contribution >= 0.6 is 0 Å². The minimum Gasteiger partial charge on any atom is -0.478 e. The molecule has 3 rings (SSSR count). The van der Waals surface area contributed by atoms with Gasteiger partial charge < -0.3 is 10.0 Å². The number of benzene rings is 1. The number of rotatable bonds is 5. The molecule has 120 valence electrons. The first kappa shape index (κ1) is 15.8. The van der Waals surface area contributed by atoms with Crippen LogP contribution in [-0.4, -0.2) is 22.6 Å². The maximum atomic E-state index is 11.1. The Bertz CT molecular complexity index is 809. The molecule has 1 N–H and O–H groups in total. The standard InChI is InChI=1S/C19H17N3O2/c20-11-17-13-22(18-10-15(19(23)24)8-9-21-18)12-16(17)7-6-14-4-2-1-3-5-14/h1-5,8-10,13,16H,6-7,12H2,(H,23,24). The van der Waals surface area contributed by atoms with E-state index in [1.807, 2.05) is 23.1 Å². The van der Waals surface area contributed by atoms with Crippen LogP contribution in [0.4, 0.5) is 5.82 Å². The van der Waals surface area contributed by atoms with E-state index in [1.54, 1.807) is 6.20 Å². The zero-order valence-electron chi connectivity index (χ0n) is 13.1. The number of hydrogen-bond acceptors (Lipinski definition) is 4. The van der Waals surface area contributed by atoms with Crippen LogP contribution in [0.15, 0.2) is 60.4 Å². The maximum absolute atomic E-state index is 11.1. The maximum Gasteiger partial charge on any atom is 0.335 e. The molecule has 0 fully saturated rings. The number of carbonyl (C=O) groups is 1. The largest absolute Gasteiger partial charge is 0.478 e. The molecule has 0 saturated heterocycles. The summed E-state index contributed by atoms with van der Waals surface area (Å²) in [7, 11) is 0. The van der Waals surface area contributed by atoms with Gasteiger partial charge in [-0.15, -0.1) is 0 Å². The van der Waals surface area contributed by atoms with Gasteiger partial charge in [0.25, 0.3) is 0 Å². The average Bonchev–Trinajstić information content (AvgIpc) is 3.04. The van der Waals surface area contributed by atoms with Crippen LogP contribution in [0.2, 0.25) is 0 Å². The summed E-state index contributed by atoms with van der Waals surface area (Å²) in [6.07, 6.45) is 5.04. The number of carboxylic acid groups (broad SMARTS) is 1. The number of nitriles is 1. The monoisotopic (exact) mass is 319 g/mol. The molecule has 0 spiro atoms. The lowest BCUT2D eigenvalue weighted by Gasteiger charge is -2.17. The van der Waals surface area contributed by atoms with Gasteiger partial charge in [-0.3, -0.25) is 0 Å². The van der Waals surface area contributed by atoms with Crippen LogP contribution in [0.3, 0.4) is 0 Å². The van der Waals surface area contributed by atoms with Crippen molar-refractivity contribution in [2.75, 3.05) is 11.4 Å². The van der Waals surface area contributed by atoms with Gasteiger partial charge in [0.1, 0.15) is 5.82 Å². The topological polar surface area (TPSA) is 77.2 Å². The average molecular weight is 319 g/mol. The Morgan fingerprint density at radius 3 is 2.83 bits per heavy atom. The molecule has 1 aliphatic heterocycles. The fourth-order valence-electron chi connectivity index (χ4n) is 2.88. The van der Waals surface area contributed by atoms with Gasteiger partial charge in [0.05, 0.1) is 17.2 Å². The van der Waals surface area contributed by atoms with Crippen LogP contribution in [0.1, 0.15) is 22.3 Å². The highest BCUT2D eigenvalue weighted by Gasteiger charge is 2.26. The zero-order chi connectivity index (χ0) is 16.9.